The summed E-state index contributed by atoms with van der Waals surface area (Å²) in [4.78, 5) is 40.2. The molecule has 21 heavy (non-hydrogen) atoms. The lowest BCUT2D eigenvalue weighted by Gasteiger charge is -2.17. The highest BCUT2D eigenvalue weighted by Gasteiger charge is 2.22. The Balaban J connectivity index is 2.46. The number of carbonyl (C=O) groups is 2. The predicted molar refractivity (Wildman–Crippen MR) is 76.7 cm³/mol. The minimum absolute atomic E-state index is 0.0815. The number of pyridine rings is 1. The van der Waals surface area contributed by atoms with E-state index < -0.39 is 17.4 Å². The minimum atomic E-state index is -0.742. The molecule has 0 unspecified atom stereocenters. The van der Waals surface area contributed by atoms with Crippen LogP contribution in [0.4, 0.5) is 5.69 Å². The van der Waals surface area contributed by atoms with E-state index in [1.54, 1.807) is 31.5 Å². The fourth-order valence-electron chi connectivity index (χ4n) is 1.88. The van der Waals surface area contributed by atoms with Gasteiger partial charge in [-0.15, -0.1) is 0 Å². The third kappa shape index (κ3) is 3.05. The molecule has 6 heteroatoms. The maximum absolute atomic E-state index is 12.0. The molecule has 0 spiro atoms. The van der Waals surface area contributed by atoms with Crippen LogP contribution in [0.3, 0.4) is 0 Å². The van der Waals surface area contributed by atoms with Crippen molar-refractivity contribution in [1.82, 2.24) is 4.98 Å². The van der Waals surface area contributed by atoms with Crippen molar-refractivity contribution in [2.24, 2.45) is 0 Å². The lowest BCUT2D eigenvalue weighted by Crippen LogP contribution is -2.37. The first-order chi connectivity index (χ1) is 10.0. The third-order valence-electron chi connectivity index (χ3n) is 2.86. The molecule has 108 valence electrons. The van der Waals surface area contributed by atoms with Gasteiger partial charge in [0, 0.05) is 31.3 Å². The van der Waals surface area contributed by atoms with E-state index in [1.807, 2.05) is 0 Å². The van der Waals surface area contributed by atoms with Gasteiger partial charge in [-0.3, -0.25) is 14.6 Å². The zero-order valence-electron chi connectivity index (χ0n) is 11.7. The van der Waals surface area contributed by atoms with Gasteiger partial charge in [-0.1, -0.05) is 6.92 Å². The number of hydrogen-bond donors (Lipinski definition) is 0. The SMILES string of the molecule is CCC(=O)N(C(C)=O)c1ccc(-c2cccnc2)oc1=O. The summed E-state index contributed by atoms with van der Waals surface area (Å²) in [7, 11) is 0. The van der Waals surface area contributed by atoms with Gasteiger partial charge >= 0.3 is 5.63 Å². The number of nitrogens with zero attached hydrogens (tertiary/aromatic N) is 2. The first-order valence-corrected chi connectivity index (χ1v) is 6.42. The molecule has 0 atom stereocenters. The summed E-state index contributed by atoms with van der Waals surface area (Å²) in [6, 6.07) is 6.40. The van der Waals surface area contributed by atoms with E-state index in [9.17, 15) is 14.4 Å². The quantitative estimate of drug-likeness (QED) is 0.862. The van der Waals surface area contributed by atoms with Crippen LogP contribution >= 0.6 is 0 Å². The monoisotopic (exact) mass is 286 g/mol. The number of amides is 2. The zero-order valence-corrected chi connectivity index (χ0v) is 11.7. The van der Waals surface area contributed by atoms with E-state index in [-0.39, 0.29) is 12.1 Å². The molecule has 0 bridgehead atoms. The molecule has 0 N–H and O–H groups in total. The summed E-state index contributed by atoms with van der Waals surface area (Å²) in [5.41, 5.74) is -0.187. The van der Waals surface area contributed by atoms with E-state index in [1.165, 1.54) is 19.1 Å². The van der Waals surface area contributed by atoms with E-state index in [0.717, 1.165) is 4.90 Å². The molecule has 0 aliphatic rings. The Morgan fingerprint density at radius 2 is 2.05 bits per heavy atom. The van der Waals surface area contributed by atoms with Crippen LogP contribution in [0.15, 0.2) is 45.9 Å². The molecule has 0 radical (unpaired) electrons. The van der Waals surface area contributed by atoms with E-state index in [4.69, 9.17) is 4.42 Å². The first kappa shape index (κ1) is 14.6. The predicted octanol–water partition coefficient (Wildman–Crippen LogP) is 1.99. The largest absolute Gasteiger partial charge is 0.421 e. The lowest BCUT2D eigenvalue weighted by molar-refractivity contribution is -0.125. The van der Waals surface area contributed by atoms with Gasteiger partial charge in [-0.2, -0.15) is 0 Å². The van der Waals surface area contributed by atoms with E-state index >= 15 is 0 Å². The van der Waals surface area contributed by atoms with Crippen LogP contribution in [-0.4, -0.2) is 16.8 Å². The van der Waals surface area contributed by atoms with Crippen molar-refractivity contribution in [2.45, 2.75) is 20.3 Å². The zero-order chi connectivity index (χ0) is 15.4. The maximum Gasteiger partial charge on any atom is 0.360 e. The number of rotatable bonds is 3. The highest BCUT2D eigenvalue weighted by Crippen LogP contribution is 2.19. The number of hydrogen-bond acceptors (Lipinski definition) is 5. The summed E-state index contributed by atoms with van der Waals surface area (Å²) in [6.07, 6.45) is 3.27. The van der Waals surface area contributed by atoms with Crippen molar-refractivity contribution >= 4 is 17.5 Å². The Morgan fingerprint density at radius 3 is 2.57 bits per heavy atom. The molecular formula is C15H14N2O4. The third-order valence-corrected chi connectivity index (χ3v) is 2.86. The number of anilines is 1. The standard InChI is InChI=1S/C15H14N2O4/c1-3-14(19)17(10(2)18)12-6-7-13(21-15(12)20)11-5-4-8-16-9-11/h4-9H,3H2,1-2H3. The molecule has 2 heterocycles. The highest BCUT2D eigenvalue weighted by molar-refractivity contribution is 6.13. The van der Waals surface area contributed by atoms with Gasteiger partial charge in [0.25, 0.3) is 0 Å². The van der Waals surface area contributed by atoms with Gasteiger partial charge in [0.15, 0.2) is 0 Å². The van der Waals surface area contributed by atoms with Gasteiger partial charge in [0.1, 0.15) is 11.4 Å². The summed E-state index contributed by atoms with van der Waals surface area (Å²) in [6.45, 7) is 2.84. The van der Waals surface area contributed by atoms with Crippen LogP contribution in [-0.2, 0) is 9.59 Å². The number of carbonyl (C=O) groups excluding carboxylic acids is 2. The molecule has 6 nitrogen and oxygen atoms in total. The molecule has 2 amide bonds. The second-order valence-corrected chi connectivity index (χ2v) is 4.32. The van der Waals surface area contributed by atoms with Gasteiger partial charge in [-0.05, 0) is 24.3 Å². The minimum Gasteiger partial charge on any atom is -0.421 e. The van der Waals surface area contributed by atoms with Crippen LogP contribution in [0, 0.1) is 0 Å². The first-order valence-electron chi connectivity index (χ1n) is 6.42. The average molecular weight is 286 g/mol. The molecule has 0 fully saturated rings. The summed E-state index contributed by atoms with van der Waals surface area (Å²) >= 11 is 0. The van der Waals surface area contributed by atoms with E-state index in [2.05, 4.69) is 4.98 Å². The van der Waals surface area contributed by atoms with Crippen molar-refractivity contribution in [2.75, 3.05) is 4.90 Å². The van der Waals surface area contributed by atoms with Crippen molar-refractivity contribution in [3.8, 4) is 11.3 Å². The molecule has 0 aliphatic carbocycles. The second-order valence-electron chi connectivity index (χ2n) is 4.32. The molecule has 0 aliphatic heterocycles. The fraction of sp³-hybridized carbons (Fsp3) is 0.200. The van der Waals surface area contributed by atoms with Gasteiger partial charge in [-0.25, -0.2) is 9.69 Å². The van der Waals surface area contributed by atoms with E-state index in [0.29, 0.717) is 11.3 Å². The molecule has 2 aromatic heterocycles. The molecule has 0 saturated carbocycles. The van der Waals surface area contributed by atoms with Gasteiger partial charge < -0.3 is 4.42 Å². The maximum atomic E-state index is 12.0. The van der Waals surface area contributed by atoms with Gasteiger partial charge in [0.05, 0.1) is 0 Å². The molecule has 2 rings (SSSR count). The molecule has 0 saturated heterocycles. The van der Waals surface area contributed by atoms with Crippen molar-refractivity contribution in [1.29, 1.82) is 0 Å². The van der Waals surface area contributed by atoms with Crippen molar-refractivity contribution < 1.29 is 14.0 Å². The summed E-state index contributed by atoms with van der Waals surface area (Å²) in [5.74, 6) is -0.656. The summed E-state index contributed by atoms with van der Waals surface area (Å²) in [5, 5.41) is 0. The topological polar surface area (TPSA) is 80.5 Å². The molecule has 2 aromatic rings. The second kappa shape index (κ2) is 6.13. The number of imide groups is 1. The Morgan fingerprint density at radius 1 is 1.29 bits per heavy atom. The van der Waals surface area contributed by atoms with Gasteiger partial charge in [0.2, 0.25) is 11.8 Å². The van der Waals surface area contributed by atoms with Crippen LogP contribution in [0.5, 0.6) is 0 Å². The Kier molecular flexibility index (Phi) is 4.27. The Bertz CT molecular complexity index is 722. The normalized spacial score (nSPS) is 10.2. The smallest absolute Gasteiger partial charge is 0.360 e. The fourth-order valence-corrected chi connectivity index (χ4v) is 1.88. The Hall–Kier alpha value is -2.76. The van der Waals surface area contributed by atoms with Crippen LogP contribution in [0.2, 0.25) is 0 Å². The average Bonchev–Trinajstić information content (AvgIpc) is 2.49. The molecule has 0 aromatic carbocycles. The van der Waals surface area contributed by atoms with Crippen molar-refractivity contribution in [3.63, 3.8) is 0 Å². The highest BCUT2D eigenvalue weighted by atomic mass is 16.4. The van der Waals surface area contributed by atoms with Crippen LogP contribution in [0.25, 0.3) is 11.3 Å². The lowest BCUT2D eigenvalue weighted by atomic mass is 10.2. The summed E-state index contributed by atoms with van der Waals surface area (Å²) < 4.78 is 5.18. The molecular weight excluding hydrogens is 272 g/mol. The number of aromatic nitrogens is 1. The van der Waals surface area contributed by atoms with Crippen LogP contribution < -0.4 is 10.5 Å². The van der Waals surface area contributed by atoms with Crippen LogP contribution in [0.1, 0.15) is 20.3 Å². The van der Waals surface area contributed by atoms with Crippen molar-refractivity contribution in [3.05, 3.63) is 47.1 Å². The Labute approximate surface area is 121 Å².